The predicted octanol–water partition coefficient (Wildman–Crippen LogP) is 7.21. The Balaban J connectivity index is 1.40. The summed E-state index contributed by atoms with van der Waals surface area (Å²) in [7, 11) is 0. The Kier molecular flexibility index (Phi) is 7.42. The van der Waals surface area contributed by atoms with Crippen molar-refractivity contribution in [1.82, 2.24) is 0 Å². The first-order chi connectivity index (χ1) is 13.8. The minimum Gasteiger partial charge on any atom is -0.478 e. The second-order valence-corrected chi connectivity index (χ2v) is 8.83. The fourth-order valence-electron chi connectivity index (χ4n) is 5.33. The summed E-state index contributed by atoms with van der Waals surface area (Å²) >= 11 is 0. The third-order valence-corrected chi connectivity index (χ3v) is 7.04. The number of benzene rings is 1. The summed E-state index contributed by atoms with van der Waals surface area (Å²) in [5.74, 6) is 1.78. The van der Waals surface area contributed by atoms with Crippen LogP contribution in [-0.2, 0) is 11.0 Å². The highest BCUT2D eigenvalue weighted by molar-refractivity contribution is 5.79. The number of alkyl halides is 3. The molecule has 0 heterocycles. The molecule has 29 heavy (non-hydrogen) atoms. The van der Waals surface area contributed by atoms with E-state index in [1.54, 1.807) is 18.2 Å². The quantitative estimate of drug-likeness (QED) is 0.505. The standard InChI is InChI=1S/C24H31F3O2/c25-24(26,27)22-15-13-21(14-16-22)20-11-9-19(10-12-20)18-7-5-17(6-8-18)3-1-2-4-23(28)29/h2,4,13-20H,1,3,5-12H2,(H,28,29)/b4-2+. The smallest absolute Gasteiger partial charge is 0.416 e. The molecule has 2 aliphatic carbocycles. The number of halogens is 3. The van der Waals surface area contributed by atoms with Crippen LogP contribution in [0.1, 0.15) is 81.3 Å². The van der Waals surface area contributed by atoms with Gasteiger partial charge in [-0.25, -0.2) is 4.79 Å². The van der Waals surface area contributed by atoms with E-state index in [9.17, 15) is 18.0 Å². The lowest BCUT2D eigenvalue weighted by atomic mass is 9.68. The van der Waals surface area contributed by atoms with Crippen molar-refractivity contribution in [2.24, 2.45) is 17.8 Å². The molecule has 0 amide bonds. The Morgan fingerprint density at radius 1 is 0.931 bits per heavy atom. The van der Waals surface area contributed by atoms with Gasteiger partial charge < -0.3 is 5.11 Å². The largest absolute Gasteiger partial charge is 0.478 e. The molecule has 2 fully saturated rings. The first-order valence-corrected chi connectivity index (χ1v) is 10.9. The van der Waals surface area contributed by atoms with Crippen LogP contribution in [0, 0.1) is 17.8 Å². The Morgan fingerprint density at radius 2 is 1.48 bits per heavy atom. The van der Waals surface area contributed by atoms with Crippen LogP contribution in [0.2, 0.25) is 0 Å². The van der Waals surface area contributed by atoms with Gasteiger partial charge in [0.05, 0.1) is 5.56 Å². The molecular formula is C24H31F3O2. The zero-order chi connectivity index (χ0) is 20.9. The topological polar surface area (TPSA) is 37.3 Å². The normalized spacial score (nSPS) is 28.5. The van der Waals surface area contributed by atoms with E-state index in [2.05, 4.69) is 0 Å². The molecule has 0 spiro atoms. The molecule has 1 aromatic carbocycles. The summed E-state index contributed by atoms with van der Waals surface area (Å²) in [5.41, 5.74) is 0.486. The number of carboxylic acids is 1. The second-order valence-electron chi connectivity index (χ2n) is 8.83. The van der Waals surface area contributed by atoms with Gasteiger partial charge in [-0.05, 0) is 92.7 Å². The van der Waals surface area contributed by atoms with Crippen molar-refractivity contribution in [1.29, 1.82) is 0 Å². The number of carboxylic acid groups (broad SMARTS) is 1. The zero-order valence-electron chi connectivity index (χ0n) is 16.8. The highest BCUT2D eigenvalue weighted by Gasteiger charge is 2.32. The van der Waals surface area contributed by atoms with Crippen LogP contribution < -0.4 is 0 Å². The maximum absolute atomic E-state index is 12.7. The summed E-state index contributed by atoms with van der Waals surface area (Å²) in [4.78, 5) is 10.5. The third-order valence-electron chi connectivity index (χ3n) is 7.04. The minimum absolute atomic E-state index is 0.394. The van der Waals surface area contributed by atoms with Crippen LogP contribution in [0.25, 0.3) is 0 Å². The molecule has 1 N–H and O–H groups in total. The SMILES string of the molecule is O=C(O)/C=C/CCC1CCC(C2CCC(c3ccc(C(F)(F)F)cc3)CC2)CC1. The maximum Gasteiger partial charge on any atom is 0.416 e. The average Bonchev–Trinajstić information content (AvgIpc) is 2.71. The minimum atomic E-state index is -4.26. The highest BCUT2D eigenvalue weighted by atomic mass is 19.4. The van der Waals surface area contributed by atoms with Gasteiger partial charge in [-0.3, -0.25) is 0 Å². The average molecular weight is 409 g/mol. The molecule has 0 aromatic heterocycles. The lowest BCUT2D eigenvalue weighted by Gasteiger charge is -2.38. The predicted molar refractivity (Wildman–Crippen MR) is 108 cm³/mol. The van der Waals surface area contributed by atoms with E-state index in [-0.39, 0.29) is 0 Å². The van der Waals surface area contributed by atoms with E-state index in [0.717, 1.165) is 43.1 Å². The van der Waals surface area contributed by atoms with Crippen LogP contribution in [0.4, 0.5) is 13.2 Å². The molecule has 0 saturated heterocycles. The van der Waals surface area contributed by atoms with Gasteiger partial charge in [0.1, 0.15) is 0 Å². The van der Waals surface area contributed by atoms with Crippen molar-refractivity contribution in [2.45, 2.75) is 76.3 Å². The van der Waals surface area contributed by atoms with Crippen molar-refractivity contribution >= 4 is 5.97 Å². The molecule has 160 valence electrons. The zero-order valence-corrected chi connectivity index (χ0v) is 16.8. The monoisotopic (exact) mass is 408 g/mol. The summed E-state index contributed by atoms with van der Waals surface area (Å²) in [6, 6.07) is 5.76. The van der Waals surface area contributed by atoms with Crippen LogP contribution in [0.3, 0.4) is 0 Å². The van der Waals surface area contributed by atoms with Gasteiger partial charge in [0.25, 0.3) is 0 Å². The molecule has 2 nitrogen and oxygen atoms in total. The first-order valence-electron chi connectivity index (χ1n) is 10.9. The third kappa shape index (κ3) is 6.35. The van der Waals surface area contributed by atoms with E-state index >= 15 is 0 Å². The van der Waals surface area contributed by atoms with Gasteiger partial charge in [0, 0.05) is 6.08 Å². The number of hydrogen-bond acceptors (Lipinski definition) is 1. The number of hydrogen-bond donors (Lipinski definition) is 1. The number of allylic oxidation sites excluding steroid dienone is 1. The van der Waals surface area contributed by atoms with Gasteiger partial charge in [-0.1, -0.05) is 31.1 Å². The van der Waals surface area contributed by atoms with Gasteiger partial charge in [-0.15, -0.1) is 0 Å². The van der Waals surface area contributed by atoms with Crippen molar-refractivity contribution in [2.75, 3.05) is 0 Å². The van der Waals surface area contributed by atoms with Gasteiger partial charge in [-0.2, -0.15) is 13.2 Å². The molecule has 2 saturated carbocycles. The first kappa shape index (κ1) is 21.9. The number of carbonyl (C=O) groups is 1. The second kappa shape index (κ2) is 9.82. The van der Waals surface area contributed by atoms with Crippen molar-refractivity contribution in [3.8, 4) is 0 Å². The Labute approximate surface area is 171 Å². The molecule has 5 heteroatoms. The van der Waals surface area contributed by atoms with Crippen molar-refractivity contribution in [3.05, 3.63) is 47.5 Å². The summed E-state index contributed by atoms with van der Waals surface area (Å²) in [6.45, 7) is 0. The van der Waals surface area contributed by atoms with Crippen molar-refractivity contribution in [3.63, 3.8) is 0 Å². The van der Waals surface area contributed by atoms with E-state index in [1.165, 1.54) is 56.7 Å². The highest BCUT2D eigenvalue weighted by Crippen LogP contribution is 2.44. The summed E-state index contributed by atoms with van der Waals surface area (Å²) in [5, 5.41) is 8.63. The van der Waals surface area contributed by atoms with Crippen LogP contribution in [0.15, 0.2) is 36.4 Å². The molecule has 0 bridgehead atoms. The molecule has 0 unspecified atom stereocenters. The maximum atomic E-state index is 12.7. The van der Waals surface area contributed by atoms with Gasteiger partial charge in [0.2, 0.25) is 0 Å². The Hall–Kier alpha value is -1.78. The lowest BCUT2D eigenvalue weighted by molar-refractivity contribution is -0.137. The Morgan fingerprint density at radius 3 is 2.00 bits per heavy atom. The Bertz CT molecular complexity index is 677. The lowest BCUT2D eigenvalue weighted by Crippen LogP contribution is -2.25. The molecule has 0 aliphatic heterocycles. The fraction of sp³-hybridized carbons (Fsp3) is 0.625. The molecule has 1 aromatic rings. The van der Waals surface area contributed by atoms with Crippen LogP contribution >= 0.6 is 0 Å². The molecule has 0 radical (unpaired) electrons. The fourth-order valence-corrected chi connectivity index (χ4v) is 5.33. The van der Waals surface area contributed by atoms with E-state index < -0.39 is 17.7 Å². The van der Waals surface area contributed by atoms with Crippen LogP contribution in [-0.4, -0.2) is 11.1 Å². The number of rotatable bonds is 6. The van der Waals surface area contributed by atoms with E-state index in [4.69, 9.17) is 5.11 Å². The van der Waals surface area contributed by atoms with E-state index in [0.29, 0.717) is 11.8 Å². The summed E-state index contributed by atoms with van der Waals surface area (Å²) in [6.07, 6.45) is 10.2. The number of aliphatic carboxylic acids is 1. The molecule has 2 aliphatic rings. The van der Waals surface area contributed by atoms with Gasteiger partial charge >= 0.3 is 12.1 Å². The van der Waals surface area contributed by atoms with Gasteiger partial charge in [0.15, 0.2) is 0 Å². The van der Waals surface area contributed by atoms with E-state index in [1.807, 2.05) is 0 Å². The molecule has 0 atom stereocenters. The van der Waals surface area contributed by atoms with Crippen LogP contribution in [0.5, 0.6) is 0 Å². The summed E-state index contributed by atoms with van der Waals surface area (Å²) < 4.78 is 38.2. The molecular weight excluding hydrogens is 377 g/mol. The van der Waals surface area contributed by atoms with Crippen molar-refractivity contribution < 1.29 is 23.1 Å². The molecule has 3 rings (SSSR count).